The maximum absolute atomic E-state index is 12.8. The molecule has 2 saturated heterocycles. The first-order chi connectivity index (χ1) is 25.1. The molecule has 270 valence electrons. The van der Waals surface area contributed by atoms with Crippen LogP contribution in [-0.4, -0.2) is 75.4 Å². The number of aromatic nitrogens is 5. The molecule has 2 atom stereocenters. The quantitative estimate of drug-likeness (QED) is 0.180. The minimum absolute atomic E-state index is 0.0655. The fourth-order valence-electron chi connectivity index (χ4n) is 6.83. The van der Waals surface area contributed by atoms with Gasteiger partial charge in [-0.15, -0.1) is 0 Å². The molecule has 16 heteroatoms. The predicted molar refractivity (Wildman–Crippen MR) is 195 cm³/mol. The standard InChI is InChI=1S/C36H38ClN9O6/c1-38-30(48)19-52-28-15-21-14-22(9-11-26(21)44(2)35(28)50)40-33-25(37)16-39-36(42-33)46-13-5-6-20(17-46)18-51-27-8-4-7-23-31(43-45(3)32(23)27)24-10-12-29(47)41-34(24)49/h4,7-9,11,14-16,20,24H,5-6,10,12-13,17-19H2,1-3H3,(H,38,48)(H,39,40,42)(H,41,47,49)/t20-,24?/m0/s1. The number of amides is 3. The topological polar surface area (TPSA) is 175 Å². The monoisotopic (exact) mass is 727 g/mol. The van der Waals surface area contributed by atoms with E-state index in [1.165, 1.54) is 11.6 Å². The molecule has 0 saturated carbocycles. The van der Waals surface area contributed by atoms with Gasteiger partial charge in [0, 0.05) is 63.0 Å². The zero-order valence-electron chi connectivity index (χ0n) is 28.9. The van der Waals surface area contributed by atoms with E-state index in [-0.39, 0.29) is 48.0 Å². The molecule has 0 spiro atoms. The SMILES string of the molecule is CNC(=O)COc1cc2cc(Nc3nc(N4CCC[C@H](COc5cccc6c(C7CCC(=O)NC7=O)nn(C)c56)C4)ncc3Cl)ccc2n(C)c1=O. The Balaban J connectivity index is 1.05. The van der Waals surface area contributed by atoms with E-state index in [2.05, 4.69) is 30.9 Å². The average molecular weight is 728 g/mol. The number of fused-ring (bicyclic) bond motifs is 2. The summed E-state index contributed by atoms with van der Waals surface area (Å²) in [6.07, 6.45) is 4.17. The van der Waals surface area contributed by atoms with Gasteiger partial charge in [0.1, 0.15) is 16.3 Å². The minimum atomic E-state index is -0.493. The summed E-state index contributed by atoms with van der Waals surface area (Å²) in [7, 11) is 4.98. The largest absolute Gasteiger partial charge is 0.491 e. The van der Waals surface area contributed by atoms with Crippen LogP contribution in [0.5, 0.6) is 11.5 Å². The molecule has 2 fully saturated rings. The Morgan fingerprint density at radius 3 is 2.73 bits per heavy atom. The Labute approximate surface area is 303 Å². The number of nitrogens with one attached hydrogen (secondary N) is 3. The molecule has 5 heterocycles. The third kappa shape index (κ3) is 6.95. The lowest BCUT2D eigenvalue weighted by atomic mass is 9.93. The first-order valence-corrected chi connectivity index (χ1v) is 17.4. The van der Waals surface area contributed by atoms with E-state index in [1.807, 2.05) is 43.4 Å². The van der Waals surface area contributed by atoms with Gasteiger partial charge in [0.2, 0.25) is 17.8 Å². The normalized spacial score (nSPS) is 17.7. The van der Waals surface area contributed by atoms with E-state index >= 15 is 0 Å². The maximum Gasteiger partial charge on any atom is 0.293 e. The Morgan fingerprint density at radius 2 is 1.92 bits per heavy atom. The fraction of sp³-hybridized carbons (Fsp3) is 0.361. The first kappa shape index (κ1) is 34.7. The van der Waals surface area contributed by atoms with E-state index < -0.39 is 5.92 Å². The fourth-order valence-corrected chi connectivity index (χ4v) is 6.97. The van der Waals surface area contributed by atoms with Gasteiger partial charge in [-0.3, -0.25) is 29.2 Å². The van der Waals surface area contributed by atoms with Crippen molar-refractivity contribution in [3.63, 3.8) is 0 Å². The van der Waals surface area contributed by atoms with E-state index in [9.17, 15) is 19.2 Å². The number of halogens is 1. The van der Waals surface area contributed by atoms with E-state index in [0.29, 0.717) is 59.0 Å². The van der Waals surface area contributed by atoms with Crippen molar-refractivity contribution >= 4 is 68.6 Å². The van der Waals surface area contributed by atoms with Crippen LogP contribution in [0.2, 0.25) is 5.02 Å². The van der Waals surface area contributed by atoms with Crippen LogP contribution >= 0.6 is 11.6 Å². The van der Waals surface area contributed by atoms with Crippen molar-refractivity contribution in [1.29, 1.82) is 0 Å². The lowest BCUT2D eigenvalue weighted by molar-refractivity contribution is -0.134. The van der Waals surface area contributed by atoms with Crippen LogP contribution in [0.15, 0.2) is 53.5 Å². The predicted octanol–water partition coefficient (Wildman–Crippen LogP) is 3.55. The van der Waals surface area contributed by atoms with Gasteiger partial charge < -0.3 is 29.6 Å². The molecule has 15 nitrogen and oxygen atoms in total. The van der Waals surface area contributed by atoms with Crippen LogP contribution in [0.4, 0.5) is 17.5 Å². The number of para-hydroxylation sites is 1. The lowest BCUT2D eigenvalue weighted by Gasteiger charge is -2.32. The molecule has 0 aliphatic carbocycles. The molecule has 1 unspecified atom stereocenters. The second-order valence-electron chi connectivity index (χ2n) is 13.0. The van der Waals surface area contributed by atoms with E-state index in [4.69, 9.17) is 26.1 Å². The molecular formula is C36H38ClN9O6. The van der Waals surface area contributed by atoms with Gasteiger partial charge in [-0.05, 0) is 49.6 Å². The first-order valence-electron chi connectivity index (χ1n) is 17.0. The van der Waals surface area contributed by atoms with Gasteiger partial charge in [0.15, 0.2) is 18.2 Å². The summed E-state index contributed by atoms with van der Waals surface area (Å²) in [5.41, 5.74) is 2.47. The summed E-state index contributed by atoms with van der Waals surface area (Å²) in [6, 6.07) is 12.8. The number of hydrogen-bond donors (Lipinski definition) is 3. The average Bonchev–Trinajstić information content (AvgIpc) is 3.48. The summed E-state index contributed by atoms with van der Waals surface area (Å²) in [5, 5.41) is 14.8. The smallest absolute Gasteiger partial charge is 0.293 e. The highest BCUT2D eigenvalue weighted by Crippen LogP contribution is 2.35. The number of nitrogens with zero attached hydrogens (tertiary/aromatic N) is 6. The highest BCUT2D eigenvalue weighted by Gasteiger charge is 2.32. The van der Waals surface area contributed by atoms with Crippen molar-refractivity contribution in [2.75, 3.05) is 43.6 Å². The van der Waals surface area contributed by atoms with Crippen molar-refractivity contribution in [3.8, 4) is 11.5 Å². The number of benzene rings is 2. The number of carbonyl (C=O) groups is 3. The summed E-state index contributed by atoms with van der Waals surface area (Å²) in [6.45, 7) is 1.63. The Kier molecular flexibility index (Phi) is 9.69. The maximum atomic E-state index is 12.8. The summed E-state index contributed by atoms with van der Waals surface area (Å²) < 4.78 is 15.1. The minimum Gasteiger partial charge on any atom is -0.491 e. The second-order valence-corrected chi connectivity index (χ2v) is 13.4. The number of imide groups is 1. The van der Waals surface area contributed by atoms with Crippen LogP contribution in [0.3, 0.4) is 0 Å². The molecule has 2 aromatic carbocycles. The molecule has 52 heavy (non-hydrogen) atoms. The van der Waals surface area contributed by atoms with Gasteiger partial charge in [-0.2, -0.15) is 10.1 Å². The third-order valence-electron chi connectivity index (χ3n) is 9.52. The lowest BCUT2D eigenvalue weighted by Crippen LogP contribution is -2.39. The molecule has 2 aliphatic heterocycles. The Morgan fingerprint density at radius 1 is 1.08 bits per heavy atom. The number of carbonyl (C=O) groups excluding carboxylic acids is 3. The zero-order valence-corrected chi connectivity index (χ0v) is 29.7. The van der Waals surface area contributed by atoms with Gasteiger partial charge in [-0.1, -0.05) is 23.7 Å². The molecular weight excluding hydrogens is 690 g/mol. The van der Waals surface area contributed by atoms with Crippen molar-refractivity contribution in [1.82, 2.24) is 34.9 Å². The van der Waals surface area contributed by atoms with Gasteiger partial charge >= 0.3 is 0 Å². The number of hydrogen-bond acceptors (Lipinski definition) is 11. The summed E-state index contributed by atoms with van der Waals surface area (Å²) >= 11 is 6.56. The van der Waals surface area contributed by atoms with E-state index in [1.54, 1.807) is 24.0 Å². The van der Waals surface area contributed by atoms with Gasteiger partial charge in [0.05, 0.1) is 29.9 Å². The number of aryl methyl sites for hydroxylation is 2. The van der Waals surface area contributed by atoms with Crippen molar-refractivity contribution in [3.05, 3.63) is 69.7 Å². The van der Waals surface area contributed by atoms with E-state index in [0.717, 1.165) is 35.7 Å². The highest BCUT2D eigenvalue weighted by molar-refractivity contribution is 6.33. The number of piperidine rings is 2. The number of anilines is 3. The van der Waals surface area contributed by atoms with Gasteiger partial charge in [0.25, 0.3) is 11.5 Å². The molecule has 3 amide bonds. The number of ether oxygens (including phenoxy) is 2. The van der Waals surface area contributed by atoms with Crippen LogP contribution in [0, 0.1) is 5.92 Å². The highest BCUT2D eigenvalue weighted by atomic mass is 35.5. The van der Waals surface area contributed by atoms with Crippen molar-refractivity contribution in [2.45, 2.75) is 31.6 Å². The van der Waals surface area contributed by atoms with Crippen molar-refractivity contribution in [2.24, 2.45) is 20.0 Å². The van der Waals surface area contributed by atoms with Crippen LogP contribution in [0.1, 0.15) is 37.3 Å². The third-order valence-corrected chi connectivity index (χ3v) is 9.80. The summed E-state index contributed by atoms with van der Waals surface area (Å²) in [5.74, 6) is 0.481. The van der Waals surface area contributed by atoms with Crippen LogP contribution in [0.25, 0.3) is 21.8 Å². The molecule has 0 bridgehead atoms. The summed E-state index contributed by atoms with van der Waals surface area (Å²) in [4.78, 5) is 60.3. The number of pyridine rings is 1. The number of likely N-dealkylation sites (N-methyl/N-ethyl adjacent to an activating group) is 1. The van der Waals surface area contributed by atoms with Crippen LogP contribution < -0.4 is 35.9 Å². The van der Waals surface area contributed by atoms with Gasteiger partial charge in [-0.25, -0.2) is 4.98 Å². The Hall–Kier alpha value is -5.70. The zero-order chi connectivity index (χ0) is 36.5. The Bertz CT molecular complexity index is 2270. The molecule has 7 rings (SSSR count). The molecule has 0 radical (unpaired) electrons. The number of rotatable bonds is 10. The molecule has 5 aromatic rings. The second kappa shape index (κ2) is 14.5. The molecule has 3 N–H and O–H groups in total. The molecule has 3 aromatic heterocycles. The molecule has 2 aliphatic rings. The van der Waals surface area contributed by atoms with Crippen molar-refractivity contribution < 1.29 is 23.9 Å². The van der Waals surface area contributed by atoms with Crippen LogP contribution in [-0.2, 0) is 28.5 Å².